The summed E-state index contributed by atoms with van der Waals surface area (Å²) < 4.78 is -1.22. The average Bonchev–Trinajstić information content (AvgIpc) is 2.15. The highest BCUT2D eigenvalue weighted by atomic mass is 35.5. The summed E-state index contributed by atoms with van der Waals surface area (Å²) in [6, 6.07) is 6.45. The first kappa shape index (κ1) is 13.0. The molecule has 0 amide bonds. The lowest BCUT2D eigenvalue weighted by molar-refractivity contribution is -0.135. The zero-order chi connectivity index (χ0) is 12.3. The van der Waals surface area contributed by atoms with Gasteiger partial charge in [0.25, 0.3) is 0 Å². The number of rotatable bonds is 4. The van der Waals surface area contributed by atoms with Gasteiger partial charge >= 0.3 is 5.97 Å². The number of ketones is 1. The van der Waals surface area contributed by atoms with Crippen molar-refractivity contribution in [1.82, 2.24) is 0 Å². The second-order valence-corrected chi connectivity index (χ2v) is 5.13. The van der Waals surface area contributed by atoms with E-state index in [2.05, 4.69) is 0 Å². The van der Waals surface area contributed by atoms with Crippen molar-refractivity contribution in [2.24, 2.45) is 0 Å². The minimum atomic E-state index is -1.22. The quantitative estimate of drug-likeness (QED) is 0.515. The van der Waals surface area contributed by atoms with E-state index in [4.69, 9.17) is 28.3 Å². The first-order valence-corrected chi connectivity index (χ1v) is 5.30. The molecule has 0 saturated heterocycles. The first-order chi connectivity index (χ1) is 7.32. The topological polar surface area (TPSA) is 54.4 Å². The third-order valence-corrected chi connectivity index (χ3v) is 2.42. The monoisotopic (exact) mass is 260 g/mol. The molecule has 1 aromatic carbocycles. The largest absolute Gasteiger partial charge is 0.481 e. The van der Waals surface area contributed by atoms with Crippen LogP contribution in [0, 0.1) is 0 Å². The zero-order valence-electron chi connectivity index (χ0n) is 8.54. The van der Waals surface area contributed by atoms with E-state index in [1.54, 1.807) is 18.2 Å². The summed E-state index contributed by atoms with van der Waals surface area (Å²) in [5, 5.41) is 8.55. The summed E-state index contributed by atoms with van der Waals surface area (Å²) in [5.74, 6) is -1.68. The van der Waals surface area contributed by atoms with Gasteiger partial charge in [0, 0.05) is 5.56 Å². The van der Waals surface area contributed by atoms with E-state index in [1.165, 1.54) is 13.0 Å². The van der Waals surface area contributed by atoms with E-state index >= 15 is 0 Å². The van der Waals surface area contributed by atoms with Crippen LogP contribution in [-0.2, 0) is 9.13 Å². The van der Waals surface area contributed by atoms with Gasteiger partial charge in [-0.15, -0.1) is 0 Å². The van der Waals surface area contributed by atoms with Gasteiger partial charge in [-0.1, -0.05) is 47.5 Å². The van der Waals surface area contributed by atoms with E-state index in [9.17, 15) is 9.59 Å². The Balaban J connectivity index is 3.14. The Labute approximate surface area is 103 Å². The van der Waals surface area contributed by atoms with E-state index in [1.807, 2.05) is 0 Å². The van der Waals surface area contributed by atoms with Crippen LogP contribution in [0.2, 0.25) is 0 Å². The van der Waals surface area contributed by atoms with Gasteiger partial charge in [-0.25, -0.2) is 0 Å². The van der Waals surface area contributed by atoms with Crippen molar-refractivity contribution in [2.45, 2.75) is 17.7 Å². The Bertz CT molecular complexity index is 421. The van der Waals surface area contributed by atoms with E-state index in [0.717, 1.165) is 0 Å². The van der Waals surface area contributed by atoms with Crippen LogP contribution in [0.5, 0.6) is 0 Å². The van der Waals surface area contributed by atoms with E-state index < -0.39 is 22.5 Å². The molecule has 0 bridgehead atoms. The lowest BCUT2D eigenvalue weighted by atomic mass is 9.99. The number of halogens is 2. The highest BCUT2D eigenvalue weighted by Crippen LogP contribution is 2.35. The predicted octanol–water partition coefficient (Wildman–Crippen LogP) is 2.99. The number of hydrogen-bond acceptors (Lipinski definition) is 2. The molecule has 1 aromatic rings. The molecule has 0 aliphatic rings. The smallest absolute Gasteiger partial charge is 0.311 e. The third kappa shape index (κ3) is 3.22. The number of carboxylic acids is 1. The molecule has 86 valence electrons. The van der Waals surface area contributed by atoms with Crippen molar-refractivity contribution >= 4 is 35.0 Å². The lowest BCUT2D eigenvalue weighted by Gasteiger charge is -2.17. The summed E-state index contributed by atoms with van der Waals surface area (Å²) >= 11 is 11.8. The maximum Gasteiger partial charge on any atom is 0.311 e. The number of benzene rings is 1. The first-order valence-electron chi connectivity index (χ1n) is 4.54. The number of carbonyl (C=O) groups excluding carboxylic acids is 1. The molecule has 0 heterocycles. The Kier molecular flexibility index (Phi) is 3.94. The highest BCUT2D eigenvalue weighted by molar-refractivity contribution is 6.48. The third-order valence-electron chi connectivity index (χ3n) is 2.01. The van der Waals surface area contributed by atoms with Gasteiger partial charge in [0.05, 0.1) is 0 Å². The van der Waals surface area contributed by atoms with Gasteiger partial charge in [0.15, 0.2) is 5.78 Å². The number of carboxylic acid groups (broad SMARTS) is 1. The fourth-order valence-corrected chi connectivity index (χ4v) is 1.67. The molecule has 0 fully saturated rings. The fourth-order valence-electron chi connectivity index (χ4n) is 1.34. The van der Waals surface area contributed by atoms with Gasteiger partial charge in [-0.3, -0.25) is 9.59 Å². The molecule has 0 aliphatic carbocycles. The Hall–Kier alpha value is -1.06. The molecular formula is C11H10Cl2O3. The molecule has 0 atom stereocenters. The van der Waals surface area contributed by atoms with Crippen molar-refractivity contribution in [2.75, 3.05) is 0 Å². The van der Waals surface area contributed by atoms with E-state index in [-0.39, 0.29) is 5.56 Å². The van der Waals surface area contributed by atoms with Crippen LogP contribution in [-0.4, -0.2) is 16.9 Å². The number of hydrogen-bond donors (Lipinski definition) is 1. The molecule has 0 aliphatic heterocycles. The number of aliphatic carboxylic acids is 1. The standard InChI is InChI=1S/C11H10Cl2O3/c1-11(12,13)8-5-3-2-4-7(8)9(14)6-10(15)16/h2-5H,6H2,1H3,(H,15,16). The molecular weight excluding hydrogens is 251 g/mol. The van der Waals surface area contributed by atoms with Gasteiger partial charge < -0.3 is 5.11 Å². The second kappa shape index (κ2) is 4.85. The molecule has 0 saturated carbocycles. The van der Waals surface area contributed by atoms with Crippen LogP contribution in [0.4, 0.5) is 0 Å². The molecule has 1 rings (SSSR count). The predicted molar refractivity (Wildman–Crippen MR) is 62.1 cm³/mol. The Morgan fingerprint density at radius 1 is 1.31 bits per heavy atom. The number of Topliss-reactive ketones (excluding diaryl/α,β-unsaturated/α-hetero) is 1. The maximum absolute atomic E-state index is 11.6. The summed E-state index contributed by atoms with van der Waals surface area (Å²) in [6.45, 7) is 1.53. The van der Waals surface area contributed by atoms with Crippen molar-refractivity contribution in [3.8, 4) is 0 Å². The van der Waals surface area contributed by atoms with E-state index in [0.29, 0.717) is 5.56 Å². The second-order valence-electron chi connectivity index (χ2n) is 3.43. The van der Waals surface area contributed by atoms with Gasteiger partial charge in [0.1, 0.15) is 10.8 Å². The maximum atomic E-state index is 11.6. The van der Waals surface area contributed by atoms with Gasteiger partial charge in [0.2, 0.25) is 0 Å². The molecule has 1 N–H and O–H groups in total. The molecule has 0 radical (unpaired) electrons. The van der Waals surface area contributed by atoms with Crippen LogP contribution in [0.25, 0.3) is 0 Å². The van der Waals surface area contributed by atoms with Crippen LogP contribution >= 0.6 is 23.2 Å². The molecule has 3 nitrogen and oxygen atoms in total. The molecule has 0 unspecified atom stereocenters. The number of alkyl halides is 2. The average molecular weight is 261 g/mol. The summed E-state index contributed by atoms with van der Waals surface area (Å²) in [6.07, 6.45) is -0.569. The van der Waals surface area contributed by atoms with Crippen LogP contribution in [0.1, 0.15) is 29.3 Å². The SMILES string of the molecule is CC(Cl)(Cl)c1ccccc1C(=O)CC(=O)O. The Morgan fingerprint density at radius 3 is 2.38 bits per heavy atom. The Morgan fingerprint density at radius 2 is 1.88 bits per heavy atom. The molecule has 5 heteroatoms. The fraction of sp³-hybridized carbons (Fsp3) is 0.273. The zero-order valence-corrected chi connectivity index (χ0v) is 10.0. The summed E-state index contributed by atoms with van der Waals surface area (Å²) in [5.41, 5.74) is 0.669. The van der Waals surface area contributed by atoms with Gasteiger partial charge in [-0.2, -0.15) is 0 Å². The molecule has 0 spiro atoms. The van der Waals surface area contributed by atoms with Crippen LogP contribution in [0.3, 0.4) is 0 Å². The molecule has 16 heavy (non-hydrogen) atoms. The molecule has 0 aromatic heterocycles. The minimum absolute atomic E-state index is 0.248. The summed E-state index contributed by atoms with van der Waals surface area (Å²) in [7, 11) is 0. The normalized spacial score (nSPS) is 11.2. The van der Waals surface area contributed by atoms with Crippen molar-refractivity contribution < 1.29 is 14.7 Å². The highest BCUT2D eigenvalue weighted by Gasteiger charge is 2.26. The lowest BCUT2D eigenvalue weighted by Crippen LogP contribution is -2.14. The van der Waals surface area contributed by atoms with Crippen LogP contribution < -0.4 is 0 Å². The minimum Gasteiger partial charge on any atom is -0.481 e. The number of carbonyl (C=O) groups is 2. The van der Waals surface area contributed by atoms with Gasteiger partial charge in [-0.05, 0) is 12.5 Å². The van der Waals surface area contributed by atoms with Crippen molar-refractivity contribution in [3.05, 3.63) is 35.4 Å². The summed E-state index contributed by atoms with van der Waals surface area (Å²) in [4.78, 5) is 22.1. The van der Waals surface area contributed by atoms with Crippen molar-refractivity contribution in [3.63, 3.8) is 0 Å². The van der Waals surface area contributed by atoms with Crippen molar-refractivity contribution in [1.29, 1.82) is 0 Å². The van der Waals surface area contributed by atoms with Crippen LogP contribution in [0.15, 0.2) is 24.3 Å².